The first-order chi connectivity index (χ1) is 18.6. The number of carbonyl (C=O) groups excluding carboxylic acids is 3. The normalized spacial score (nSPS) is 12.1. The molecule has 0 aliphatic rings. The zero-order valence-electron chi connectivity index (χ0n) is 22.9. The van der Waals surface area contributed by atoms with Gasteiger partial charge in [-0.25, -0.2) is 9.78 Å². The number of fused-ring (bicyclic) bond motifs is 1. The third-order valence-corrected chi connectivity index (χ3v) is 5.86. The van der Waals surface area contributed by atoms with Crippen molar-refractivity contribution in [3.63, 3.8) is 0 Å². The summed E-state index contributed by atoms with van der Waals surface area (Å²) in [6.07, 6.45) is 8.69. The average molecular weight is 538 g/mol. The van der Waals surface area contributed by atoms with Crippen LogP contribution in [0.5, 0.6) is 0 Å². The topological polar surface area (TPSA) is 151 Å². The molecule has 1 unspecified atom stereocenters. The number of aromatic nitrogens is 4. The molecule has 0 radical (unpaired) electrons. The number of allylic oxidation sites excluding steroid dienone is 1. The van der Waals surface area contributed by atoms with Gasteiger partial charge in [0.1, 0.15) is 17.6 Å². The van der Waals surface area contributed by atoms with E-state index < -0.39 is 23.6 Å². The first kappa shape index (κ1) is 29.1. The van der Waals surface area contributed by atoms with Gasteiger partial charge in [0.2, 0.25) is 11.8 Å². The summed E-state index contributed by atoms with van der Waals surface area (Å²) < 4.78 is 6.06. The predicted molar refractivity (Wildman–Crippen MR) is 147 cm³/mol. The number of pyridine rings is 2. The first-order valence-corrected chi connectivity index (χ1v) is 12.6. The Hall–Kier alpha value is -4.48. The minimum Gasteiger partial charge on any atom is -0.453 e. The zero-order chi connectivity index (χ0) is 28.5. The van der Waals surface area contributed by atoms with Gasteiger partial charge in [0.25, 0.3) is 5.56 Å². The Kier molecular flexibility index (Phi) is 9.96. The number of alkyl carbamates (subject to hydrolysis) is 1. The number of rotatable bonds is 11. The zero-order valence-corrected chi connectivity index (χ0v) is 22.9. The summed E-state index contributed by atoms with van der Waals surface area (Å²) in [5.74, 6) is 0.238. The number of imidazole rings is 1. The molecule has 1 atom stereocenters. The Labute approximate surface area is 226 Å². The van der Waals surface area contributed by atoms with Crippen molar-refractivity contribution >= 4 is 34.6 Å². The van der Waals surface area contributed by atoms with E-state index in [1.165, 1.54) is 28.7 Å². The minimum absolute atomic E-state index is 0.0516. The molecule has 0 spiro atoms. The molecule has 0 saturated heterocycles. The molecule has 3 aromatic rings. The van der Waals surface area contributed by atoms with E-state index in [2.05, 4.69) is 39.2 Å². The summed E-state index contributed by atoms with van der Waals surface area (Å²) >= 11 is 0. The van der Waals surface area contributed by atoms with Crippen molar-refractivity contribution < 1.29 is 19.1 Å². The molecule has 0 fully saturated rings. The van der Waals surface area contributed by atoms with Crippen LogP contribution in [0, 0.1) is 5.92 Å². The number of nitrogens with one attached hydrogen (secondary N) is 3. The molecule has 39 heavy (non-hydrogen) atoms. The van der Waals surface area contributed by atoms with Crippen molar-refractivity contribution in [2.24, 2.45) is 5.92 Å². The van der Waals surface area contributed by atoms with E-state index in [1.54, 1.807) is 38.6 Å². The van der Waals surface area contributed by atoms with Gasteiger partial charge in [0, 0.05) is 26.5 Å². The van der Waals surface area contributed by atoms with Gasteiger partial charge >= 0.3 is 6.09 Å². The second-order valence-corrected chi connectivity index (χ2v) is 9.72. The van der Waals surface area contributed by atoms with Gasteiger partial charge in [-0.05, 0) is 49.0 Å². The van der Waals surface area contributed by atoms with Crippen LogP contribution in [0.1, 0.15) is 38.1 Å². The fourth-order valence-corrected chi connectivity index (χ4v) is 3.91. The number of likely N-dealkylation sites (N-methyl/N-ethyl adjacent to an activating group) is 1. The number of amides is 3. The molecular weight excluding hydrogens is 502 g/mol. The maximum absolute atomic E-state index is 13.2. The van der Waals surface area contributed by atoms with Crippen LogP contribution in [-0.4, -0.2) is 69.6 Å². The van der Waals surface area contributed by atoms with Crippen LogP contribution in [0.3, 0.4) is 0 Å². The van der Waals surface area contributed by atoms with Gasteiger partial charge in [-0.3, -0.25) is 19.4 Å². The lowest BCUT2D eigenvalue weighted by atomic mass is 10.0. The van der Waals surface area contributed by atoms with Crippen LogP contribution in [-0.2, 0) is 27.3 Å². The lowest BCUT2D eigenvalue weighted by Crippen LogP contribution is -2.44. The third-order valence-electron chi connectivity index (χ3n) is 5.86. The smallest absolute Gasteiger partial charge is 0.407 e. The number of nitrogens with zero attached hydrogens (tertiary/aromatic N) is 4. The molecule has 3 heterocycles. The van der Waals surface area contributed by atoms with Gasteiger partial charge in [-0.1, -0.05) is 19.9 Å². The summed E-state index contributed by atoms with van der Waals surface area (Å²) in [6, 6.07) is 2.14. The van der Waals surface area contributed by atoms with Crippen molar-refractivity contribution in [1.82, 2.24) is 29.7 Å². The Balaban J connectivity index is 1.75. The molecule has 208 valence electrons. The van der Waals surface area contributed by atoms with Gasteiger partial charge in [0.05, 0.1) is 30.9 Å². The van der Waals surface area contributed by atoms with E-state index in [-0.39, 0.29) is 24.6 Å². The predicted octanol–water partition coefficient (Wildman–Crippen LogP) is 2.45. The Morgan fingerprint density at radius 2 is 2.00 bits per heavy atom. The van der Waals surface area contributed by atoms with Crippen molar-refractivity contribution in [2.75, 3.05) is 26.5 Å². The number of hydrogen-bond acceptors (Lipinski definition) is 7. The van der Waals surface area contributed by atoms with E-state index in [0.29, 0.717) is 18.2 Å². The lowest BCUT2D eigenvalue weighted by molar-refractivity contribution is -0.123. The van der Waals surface area contributed by atoms with E-state index in [1.807, 2.05) is 6.20 Å². The Morgan fingerprint density at radius 3 is 2.69 bits per heavy atom. The molecule has 0 aliphatic heterocycles. The maximum Gasteiger partial charge on any atom is 0.407 e. The molecule has 0 saturated carbocycles. The molecule has 3 rings (SSSR count). The van der Waals surface area contributed by atoms with Crippen molar-refractivity contribution in [1.29, 1.82) is 0 Å². The van der Waals surface area contributed by atoms with Crippen molar-refractivity contribution in [3.05, 3.63) is 64.6 Å². The Bertz CT molecular complexity index is 1410. The Morgan fingerprint density at radius 1 is 1.23 bits per heavy atom. The SMILES string of the molecule is COC(=O)NC(CCC=CC(=O)N(C)C)C(=O)Nc1cccn(Cc2nc3c(CC(C)C)cncc3[nH]2)c1=O. The van der Waals surface area contributed by atoms with Gasteiger partial charge < -0.3 is 29.8 Å². The fourth-order valence-electron chi connectivity index (χ4n) is 3.91. The molecule has 12 nitrogen and oxygen atoms in total. The summed E-state index contributed by atoms with van der Waals surface area (Å²) in [4.78, 5) is 63.3. The third kappa shape index (κ3) is 8.00. The van der Waals surface area contributed by atoms with Gasteiger partial charge in [0.15, 0.2) is 0 Å². The minimum atomic E-state index is -0.994. The highest BCUT2D eigenvalue weighted by molar-refractivity contribution is 5.96. The number of ether oxygens (including phenoxy) is 1. The summed E-state index contributed by atoms with van der Waals surface area (Å²) in [7, 11) is 4.45. The number of hydrogen-bond donors (Lipinski definition) is 3. The van der Waals surface area contributed by atoms with Crippen LogP contribution >= 0.6 is 0 Å². The van der Waals surface area contributed by atoms with E-state index in [9.17, 15) is 19.2 Å². The molecule has 3 amide bonds. The van der Waals surface area contributed by atoms with E-state index >= 15 is 0 Å². The van der Waals surface area contributed by atoms with E-state index in [4.69, 9.17) is 4.98 Å². The number of carbonyl (C=O) groups is 3. The van der Waals surface area contributed by atoms with E-state index in [0.717, 1.165) is 23.0 Å². The quantitative estimate of drug-likeness (QED) is 0.318. The number of methoxy groups -OCH3 is 1. The summed E-state index contributed by atoms with van der Waals surface area (Å²) in [5, 5.41) is 5.08. The summed E-state index contributed by atoms with van der Waals surface area (Å²) in [6.45, 7) is 4.41. The van der Waals surface area contributed by atoms with Crippen molar-refractivity contribution in [2.45, 2.75) is 45.7 Å². The highest BCUT2D eigenvalue weighted by atomic mass is 16.5. The van der Waals surface area contributed by atoms with Crippen LogP contribution in [0.25, 0.3) is 11.0 Å². The van der Waals surface area contributed by atoms with Gasteiger partial charge in [-0.2, -0.15) is 0 Å². The molecular formula is C27H35N7O5. The molecule has 12 heteroatoms. The second kappa shape index (κ2) is 13.4. The molecule has 0 aromatic carbocycles. The number of H-pyrrole nitrogens is 1. The van der Waals surface area contributed by atoms with Crippen LogP contribution in [0.15, 0.2) is 47.7 Å². The maximum atomic E-state index is 13.2. The monoisotopic (exact) mass is 537 g/mol. The van der Waals surface area contributed by atoms with Crippen LogP contribution < -0.4 is 16.2 Å². The largest absolute Gasteiger partial charge is 0.453 e. The molecule has 0 aliphatic carbocycles. The molecule has 3 aromatic heterocycles. The fraction of sp³-hybridized carbons (Fsp3) is 0.407. The highest BCUT2D eigenvalue weighted by Crippen LogP contribution is 2.18. The second-order valence-electron chi connectivity index (χ2n) is 9.72. The highest BCUT2D eigenvalue weighted by Gasteiger charge is 2.22. The van der Waals surface area contributed by atoms with Crippen molar-refractivity contribution in [3.8, 4) is 0 Å². The van der Waals surface area contributed by atoms with Gasteiger partial charge in [-0.15, -0.1) is 0 Å². The molecule has 3 N–H and O–H groups in total. The average Bonchev–Trinajstić information content (AvgIpc) is 3.31. The lowest BCUT2D eigenvalue weighted by Gasteiger charge is -2.17. The first-order valence-electron chi connectivity index (χ1n) is 12.6. The number of aromatic amines is 1. The standard InChI is InChI=1S/C27H35N7O5/c1-17(2)13-18-14-28-15-21-24(18)32-22(29-21)16-34-12-8-10-20(26(34)37)30-25(36)19(31-27(38)39-5)9-6-7-11-23(35)33(3)4/h7-8,10-12,14-15,17,19H,6,9,13,16H2,1-5H3,(H,29,32)(H,30,36)(H,31,38). The van der Waals surface area contributed by atoms with Crippen LogP contribution in [0.2, 0.25) is 0 Å². The number of anilines is 1. The van der Waals surface area contributed by atoms with Crippen LogP contribution in [0.4, 0.5) is 10.5 Å². The summed E-state index contributed by atoms with van der Waals surface area (Å²) in [5.41, 5.74) is 2.27. The molecule has 0 bridgehead atoms.